The van der Waals surface area contributed by atoms with Crippen molar-refractivity contribution in [3.63, 3.8) is 0 Å². The van der Waals surface area contributed by atoms with Crippen molar-refractivity contribution in [3.8, 4) is 5.69 Å². The molecule has 0 atom stereocenters. The maximum Gasteiger partial charge on any atom is 0.361 e. The SMILES string of the molecule is CC(C)(C)OC(=O)c1cn(-c2cccc(Cl)c2F)nn1. The first-order chi connectivity index (χ1) is 9.28. The van der Waals surface area contributed by atoms with E-state index in [2.05, 4.69) is 10.3 Å². The molecule has 1 aromatic heterocycles. The molecule has 0 radical (unpaired) electrons. The first-order valence-electron chi connectivity index (χ1n) is 5.88. The highest BCUT2D eigenvalue weighted by Crippen LogP contribution is 2.21. The van der Waals surface area contributed by atoms with E-state index in [1.54, 1.807) is 26.8 Å². The maximum absolute atomic E-state index is 13.8. The van der Waals surface area contributed by atoms with Crippen molar-refractivity contribution < 1.29 is 13.9 Å². The molecule has 0 unspecified atom stereocenters. The summed E-state index contributed by atoms with van der Waals surface area (Å²) in [6, 6.07) is 4.48. The van der Waals surface area contributed by atoms with E-state index in [-0.39, 0.29) is 16.4 Å². The zero-order valence-electron chi connectivity index (χ0n) is 11.2. The monoisotopic (exact) mass is 297 g/mol. The third-order valence-electron chi connectivity index (χ3n) is 2.28. The van der Waals surface area contributed by atoms with Gasteiger partial charge in [0.05, 0.1) is 11.2 Å². The number of carbonyl (C=O) groups excluding carboxylic acids is 1. The van der Waals surface area contributed by atoms with Crippen molar-refractivity contribution in [1.29, 1.82) is 0 Å². The van der Waals surface area contributed by atoms with Gasteiger partial charge in [-0.2, -0.15) is 0 Å². The summed E-state index contributed by atoms with van der Waals surface area (Å²) in [6.45, 7) is 5.23. The van der Waals surface area contributed by atoms with Gasteiger partial charge in [0.2, 0.25) is 0 Å². The predicted octanol–water partition coefficient (Wildman–Crippen LogP) is 3.02. The van der Waals surface area contributed by atoms with E-state index in [0.717, 1.165) is 4.68 Å². The molecule has 0 spiro atoms. The Hall–Kier alpha value is -1.95. The average Bonchev–Trinajstić information content (AvgIpc) is 2.80. The number of esters is 1. The van der Waals surface area contributed by atoms with Crippen LogP contribution in [0, 0.1) is 5.82 Å². The van der Waals surface area contributed by atoms with Gasteiger partial charge < -0.3 is 4.74 Å². The molecule has 2 aromatic rings. The van der Waals surface area contributed by atoms with E-state index in [4.69, 9.17) is 16.3 Å². The number of rotatable bonds is 2. The van der Waals surface area contributed by atoms with Crippen molar-refractivity contribution in [2.75, 3.05) is 0 Å². The van der Waals surface area contributed by atoms with Gasteiger partial charge in [-0.05, 0) is 32.9 Å². The zero-order valence-corrected chi connectivity index (χ0v) is 12.0. The molecule has 0 aliphatic heterocycles. The maximum atomic E-state index is 13.8. The molecule has 7 heteroatoms. The molecule has 0 aliphatic carbocycles. The second-order valence-corrected chi connectivity index (χ2v) is 5.53. The lowest BCUT2D eigenvalue weighted by Gasteiger charge is -2.18. The molecule has 0 fully saturated rings. The van der Waals surface area contributed by atoms with Crippen LogP contribution in [0.4, 0.5) is 4.39 Å². The molecule has 0 N–H and O–H groups in total. The van der Waals surface area contributed by atoms with Gasteiger partial charge in [-0.3, -0.25) is 0 Å². The van der Waals surface area contributed by atoms with Gasteiger partial charge in [-0.15, -0.1) is 5.10 Å². The number of aromatic nitrogens is 3. The molecular weight excluding hydrogens is 285 g/mol. The van der Waals surface area contributed by atoms with Crippen molar-refractivity contribution in [2.45, 2.75) is 26.4 Å². The minimum absolute atomic E-state index is 0.000648. The fourth-order valence-electron chi connectivity index (χ4n) is 1.47. The van der Waals surface area contributed by atoms with Gasteiger partial charge in [0.15, 0.2) is 11.5 Å². The molecule has 1 heterocycles. The van der Waals surface area contributed by atoms with Gasteiger partial charge in [-0.1, -0.05) is 22.9 Å². The van der Waals surface area contributed by atoms with Gasteiger partial charge in [-0.25, -0.2) is 13.9 Å². The van der Waals surface area contributed by atoms with E-state index < -0.39 is 17.4 Å². The first kappa shape index (κ1) is 14.5. The molecule has 106 valence electrons. The van der Waals surface area contributed by atoms with Crippen LogP contribution in [0.1, 0.15) is 31.3 Å². The molecule has 0 saturated heterocycles. The van der Waals surface area contributed by atoms with Crippen molar-refractivity contribution in [2.24, 2.45) is 0 Å². The Kier molecular flexibility index (Phi) is 3.76. The molecule has 0 amide bonds. The van der Waals surface area contributed by atoms with Crippen LogP contribution >= 0.6 is 11.6 Å². The molecule has 20 heavy (non-hydrogen) atoms. The summed E-state index contributed by atoms with van der Waals surface area (Å²) in [4.78, 5) is 11.8. The van der Waals surface area contributed by atoms with Crippen LogP contribution in [0.25, 0.3) is 5.69 Å². The first-order valence-corrected chi connectivity index (χ1v) is 6.26. The van der Waals surface area contributed by atoms with Crippen LogP contribution < -0.4 is 0 Å². The number of halogens is 2. The Bertz CT molecular complexity index is 649. The van der Waals surface area contributed by atoms with Crippen molar-refractivity contribution >= 4 is 17.6 Å². The summed E-state index contributed by atoms with van der Waals surface area (Å²) >= 11 is 5.69. The quantitative estimate of drug-likeness (QED) is 0.800. The highest BCUT2D eigenvalue weighted by atomic mass is 35.5. The summed E-state index contributed by atoms with van der Waals surface area (Å²) in [5.74, 6) is -1.25. The number of benzene rings is 1. The number of ether oxygens (including phenoxy) is 1. The normalized spacial score (nSPS) is 11.4. The second-order valence-electron chi connectivity index (χ2n) is 5.12. The van der Waals surface area contributed by atoms with Crippen LogP contribution in [0.3, 0.4) is 0 Å². The number of nitrogens with zero attached hydrogens (tertiary/aromatic N) is 3. The Morgan fingerprint density at radius 3 is 2.75 bits per heavy atom. The Balaban J connectivity index is 2.30. The summed E-state index contributed by atoms with van der Waals surface area (Å²) < 4.78 is 20.1. The second kappa shape index (κ2) is 5.20. The third kappa shape index (κ3) is 3.14. The smallest absolute Gasteiger partial charge is 0.361 e. The van der Waals surface area contributed by atoms with Crippen molar-refractivity contribution in [3.05, 3.63) is 40.9 Å². The van der Waals surface area contributed by atoms with E-state index in [0.29, 0.717) is 0 Å². The molecular formula is C13H13ClFN3O2. The van der Waals surface area contributed by atoms with Gasteiger partial charge in [0.1, 0.15) is 11.3 Å². The molecule has 0 bridgehead atoms. The molecule has 5 nitrogen and oxygen atoms in total. The Morgan fingerprint density at radius 1 is 1.40 bits per heavy atom. The lowest BCUT2D eigenvalue weighted by Crippen LogP contribution is -2.24. The summed E-state index contributed by atoms with van der Waals surface area (Å²) in [7, 11) is 0. The minimum Gasteiger partial charge on any atom is -0.455 e. The Morgan fingerprint density at radius 2 is 2.10 bits per heavy atom. The highest BCUT2D eigenvalue weighted by Gasteiger charge is 2.21. The van der Waals surface area contributed by atoms with E-state index in [9.17, 15) is 9.18 Å². The van der Waals surface area contributed by atoms with Gasteiger partial charge in [0, 0.05) is 0 Å². The van der Waals surface area contributed by atoms with Crippen LogP contribution in [0.15, 0.2) is 24.4 Å². The molecule has 0 aliphatic rings. The lowest BCUT2D eigenvalue weighted by atomic mass is 10.2. The number of hydrogen-bond acceptors (Lipinski definition) is 4. The minimum atomic E-state index is -0.637. The average molecular weight is 298 g/mol. The van der Waals surface area contributed by atoms with Crippen LogP contribution in [0.2, 0.25) is 5.02 Å². The number of carbonyl (C=O) groups is 1. The van der Waals surface area contributed by atoms with Crippen molar-refractivity contribution in [1.82, 2.24) is 15.0 Å². The van der Waals surface area contributed by atoms with Crippen LogP contribution in [-0.4, -0.2) is 26.6 Å². The van der Waals surface area contributed by atoms with Crippen LogP contribution in [-0.2, 0) is 4.74 Å². The van der Waals surface area contributed by atoms with Gasteiger partial charge in [0.25, 0.3) is 0 Å². The predicted molar refractivity (Wildman–Crippen MR) is 71.5 cm³/mol. The summed E-state index contributed by atoms with van der Waals surface area (Å²) in [5, 5.41) is 7.35. The fraction of sp³-hybridized carbons (Fsp3) is 0.308. The molecule has 2 rings (SSSR count). The topological polar surface area (TPSA) is 57.0 Å². The lowest BCUT2D eigenvalue weighted by molar-refractivity contribution is 0.00627. The van der Waals surface area contributed by atoms with Crippen LogP contribution in [0.5, 0.6) is 0 Å². The van der Waals surface area contributed by atoms with Gasteiger partial charge >= 0.3 is 5.97 Å². The Labute approximate surface area is 120 Å². The molecule has 0 saturated carbocycles. The summed E-state index contributed by atoms with van der Waals surface area (Å²) in [5.41, 5.74) is -0.526. The molecule has 1 aromatic carbocycles. The summed E-state index contributed by atoms with van der Waals surface area (Å²) in [6.07, 6.45) is 1.29. The zero-order chi connectivity index (χ0) is 14.9. The largest absolute Gasteiger partial charge is 0.455 e. The number of hydrogen-bond donors (Lipinski definition) is 0. The standard InChI is InChI=1S/C13H13ClFN3O2/c1-13(2,3)20-12(19)9-7-18(17-16-9)10-6-4-5-8(14)11(10)15/h4-7H,1-3H3. The third-order valence-corrected chi connectivity index (χ3v) is 2.57. The fourth-order valence-corrected chi connectivity index (χ4v) is 1.64. The van der Waals surface area contributed by atoms with E-state index in [1.165, 1.54) is 18.3 Å². The van der Waals surface area contributed by atoms with E-state index in [1.807, 2.05) is 0 Å². The van der Waals surface area contributed by atoms with E-state index >= 15 is 0 Å². The highest BCUT2D eigenvalue weighted by molar-refractivity contribution is 6.30.